The van der Waals surface area contributed by atoms with Gasteiger partial charge in [-0.1, -0.05) is 0 Å². The molecule has 1 saturated heterocycles. The number of hydrogen-bond acceptors (Lipinski definition) is 4. The van der Waals surface area contributed by atoms with Gasteiger partial charge in [-0.3, -0.25) is 14.6 Å². The third-order valence-corrected chi connectivity index (χ3v) is 2.53. The fourth-order valence-electron chi connectivity index (χ4n) is 1.75. The zero-order chi connectivity index (χ0) is 12.9. The summed E-state index contributed by atoms with van der Waals surface area (Å²) in [6.45, 7) is 2.93. The lowest BCUT2D eigenvalue weighted by Gasteiger charge is -2.34. The van der Waals surface area contributed by atoms with Crippen molar-refractivity contribution in [3.8, 4) is 0 Å². The number of halogens is 3. The molecule has 0 atom stereocenters. The monoisotopic (exact) mass is 254 g/mol. The van der Waals surface area contributed by atoms with E-state index in [4.69, 9.17) is 4.74 Å². The molecular weight excluding hydrogens is 237 g/mol. The molecule has 0 radical (unpaired) electrons. The maximum atomic E-state index is 12.1. The Bertz CT molecular complexity index is 250. The Morgan fingerprint density at radius 3 is 2.18 bits per heavy atom. The number of esters is 1. The molecule has 0 aliphatic carbocycles. The molecule has 1 fully saturated rings. The molecule has 4 nitrogen and oxygen atoms in total. The van der Waals surface area contributed by atoms with Gasteiger partial charge in [0.2, 0.25) is 0 Å². The van der Waals surface area contributed by atoms with Crippen molar-refractivity contribution in [1.29, 1.82) is 0 Å². The average molecular weight is 254 g/mol. The number of piperazine rings is 1. The van der Waals surface area contributed by atoms with Crippen LogP contribution in [0.4, 0.5) is 13.2 Å². The van der Waals surface area contributed by atoms with Crippen LogP contribution in [0.25, 0.3) is 0 Å². The van der Waals surface area contributed by atoms with Crippen molar-refractivity contribution in [2.45, 2.75) is 13.1 Å². The van der Waals surface area contributed by atoms with Crippen LogP contribution in [0.1, 0.15) is 6.92 Å². The van der Waals surface area contributed by atoms with Crippen LogP contribution < -0.4 is 0 Å². The van der Waals surface area contributed by atoms with Crippen LogP contribution in [0.2, 0.25) is 0 Å². The summed E-state index contributed by atoms with van der Waals surface area (Å²) in [6, 6.07) is 0. The van der Waals surface area contributed by atoms with E-state index in [1.165, 1.54) is 4.90 Å². The van der Waals surface area contributed by atoms with Gasteiger partial charge in [-0.15, -0.1) is 0 Å². The van der Waals surface area contributed by atoms with Crippen molar-refractivity contribution in [1.82, 2.24) is 9.80 Å². The lowest BCUT2D eigenvalue weighted by molar-refractivity contribution is -0.153. The van der Waals surface area contributed by atoms with Crippen molar-refractivity contribution in [2.75, 3.05) is 45.9 Å². The number of carbonyl (C=O) groups is 1. The van der Waals surface area contributed by atoms with E-state index in [1.807, 2.05) is 4.90 Å². The van der Waals surface area contributed by atoms with Crippen molar-refractivity contribution in [2.24, 2.45) is 0 Å². The fourth-order valence-corrected chi connectivity index (χ4v) is 1.75. The number of rotatable bonds is 4. The minimum atomic E-state index is -4.15. The van der Waals surface area contributed by atoms with Crippen LogP contribution in [-0.4, -0.2) is 67.8 Å². The summed E-state index contributed by atoms with van der Waals surface area (Å²) in [5, 5.41) is 0. The Morgan fingerprint density at radius 1 is 1.18 bits per heavy atom. The molecular formula is C10H17F3N2O2. The van der Waals surface area contributed by atoms with Gasteiger partial charge in [0.1, 0.15) is 0 Å². The molecule has 0 aromatic rings. The largest absolute Gasteiger partial charge is 0.465 e. The van der Waals surface area contributed by atoms with Crippen LogP contribution in [-0.2, 0) is 9.53 Å². The highest BCUT2D eigenvalue weighted by Crippen LogP contribution is 2.17. The first kappa shape index (κ1) is 14.2. The summed E-state index contributed by atoms with van der Waals surface area (Å²) < 4.78 is 41.1. The van der Waals surface area contributed by atoms with Gasteiger partial charge in [-0.05, 0) is 6.92 Å². The number of carbonyl (C=O) groups excluding carboxylic acids is 1. The van der Waals surface area contributed by atoms with Crippen LogP contribution >= 0.6 is 0 Å². The van der Waals surface area contributed by atoms with E-state index in [0.717, 1.165) is 0 Å². The summed E-state index contributed by atoms with van der Waals surface area (Å²) in [5.74, 6) is -0.322. The molecule has 7 heteroatoms. The molecule has 0 aromatic carbocycles. The third kappa shape index (κ3) is 5.88. The van der Waals surface area contributed by atoms with Gasteiger partial charge in [0.25, 0.3) is 0 Å². The van der Waals surface area contributed by atoms with Gasteiger partial charge in [0.15, 0.2) is 0 Å². The van der Waals surface area contributed by atoms with Crippen LogP contribution in [0.15, 0.2) is 0 Å². The molecule has 1 heterocycles. The molecule has 0 N–H and O–H groups in total. The Morgan fingerprint density at radius 2 is 1.71 bits per heavy atom. The second-order valence-corrected chi connectivity index (χ2v) is 3.97. The van der Waals surface area contributed by atoms with Crippen molar-refractivity contribution in [3.63, 3.8) is 0 Å². The van der Waals surface area contributed by atoms with Crippen molar-refractivity contribution in [3.05, 3.63) is 0 Å². The van der Waals surface area contributed by atoms with Gasteiger partial charge >= 0.3 is 12.1 Å². The second-order valence-electron chi connectivity index (χ2n) is 3.97. The molecule has 0 amide bonds. The zero-order valence-electron chi connectivity index (χ0n) is 9.79. The Balaban J connectivity index is 2.24. The summed E-state index contributed by atoms with van der Waals surface area (Å²) >= 11 is 0. The summed E-state index contributed by atoms with van der Waals surface area (Å²) in [5.41, 5.74) is 0. The molecule has 1 rings (SSSR count). The van der Waals surface area contributed by atoms with Gasteiger partial charge < -0.3 is 4.74 Å². The molecule has 0 bridgehead atoms. The third-order valence-electron chi connectivity index (χ3n) is 2.53. The lowest BCUT2D eigenvalue weighted by Crippen LogP contribution is -2.50. The molecule has 1 aliphatic rings. The first-order valence-electron chi connectivity index (χ1n) is 5.58. The minimum absolute atomic E-state index is 0.160. The van der Waals surface area contributed by atoms with Crippen molar-refractivity contribution < 1.29 is 22.7 Å². The maximum absolute atomic E-state index is 12.1. The van der Waals surface area contributed by atoms with Crippen molar-refractivity contribution >= 4 is 5.97 Å². The van der Waals surface area contributed by atoms with E-state index in [-0.39, 0.29) is 12.5 Å². The van der Waals surface area contributed by atoms with E-state index < -0.39 is 12.7 Å². The van der Waals surface area contributed by atoms with Gasteiger partial charge in [-0.2, -0.15) is 13.2 Å². The summed E-state index contributed by atoms with van der Waals surface area (Å²) in [7, 11) is 0. The van der Waals surface area contributed by atoms with E-state index >= 15 is 0 Å². The molecule has 0 aromatic heterocycles. The molecule has 100 valence electrons. The highest BCUT2D eigenvalue weighted by Gasteiger charge is 2.32. The molecule has 0 saturated carbocycles. The lowest BCUT2D eigenvalue weighted by atomic mass is 10.3. The van der Waals surface area contributed by atoms with E-state index in [9.17, 15) is 18.0 Å². The topological polar surface area (TPSA) is 32.8 Å². The fraction of sp³-hybridized carbons (Fsp3) is 0.900. The Hall–Kier alpha value is -0.820. The van der Waals surface area contributed by atoms with Crippen LogP contribution in [0.5, 0.6) is 0 Å². The number of alkyl halides is 3. The molecule has 0 unspecified atom stereocenters. The number of nitrogens with zero attached hydrogens (tertiary/aromatic N) is 2. The average Bonchev–Trinajstić information content (AvgIpc) is 2.19. The van der Waals surface area contributed by atoms with Crippen LogP contribution in [0, 0.1) is 0 Å². The smallest absolute Gasteiger partial charge is 0.401 e. The van der Waals surface area contributed by atoms with E-state index in [1.54, 1.807) is 6.92 Å². The summed E-state index contributed by atoms with van der Waals surface area (Å²) in [4.78, 5) is 14.3. The van der Waals surface area contributed by atoms with E-state index in [0.29, 0.717) is 32.8 Å². The van der Waals surface area contributed by atoms with Gasteiger partial charge in [0, 0.05) is 26.2 Å². The van der Waals surface area contributed by atoms with Gasteiger partial charge in [0.05, 0.1) is 19.7 Å². The predicted octanol–water partition coefficient (Wildman–Crippen LogP) is 0.729. The Labute approximate surface area is 98.3 Å². The maximum Gasteiger partial charge on any atom is 0.401 e. The quantitative estimate of drug-likeness (QED) is 0.692. The molecule has 17 heavy (non-hydrogen) atoms. The predicted molar refractivity (Wildman–Crippen MR) is 55.6 cm³/mol. The van der Waals surface area contributed by atoms with E-state index in [2.05, 4.69) is 0 Å². The van der Waals surface area contributed by atoms with Crippen LogP contribution in [0.3, 0.4) is 0 Å². The first-order valence-corrected chi connectivity index (χ1v) is 5.58. The standard InChI is InChI=1S/C10H17F3N2O2/c1-2-17-9(16)7-14-3-5-15(6-4-14)8-10(11,12)13/h2-8H2,1H3. The van der Waals surface area contributed by atoms with Gasteiger partial charge in [-0.25, -0.2) is 0 Å². The Kier molecular flexibility index (Phi) is 5.20. The SMILES string of the molecule is CCOC(=O)CN1CCN(CC(F)(F)F)CC1. The summed E-state index contributed by atoms with van der Waals surface area (Å²) in [6.07, 6.45) is -4.15. The zero-order valence-corrected chi connectivity index (χ0v) is 9.79. The highest BCUT2D eigenvalue weighted by atomic mass is 19.4. The molecule has 1 aliphatic heterocycles. The normalized spacial score (nSPS) is 19.3. The first-order chi connectivity index (χ1) is 7.90. The molecule has 0 spiro atoms. The minimum Gasteiger partial charge on any atom is -0.465 e. The number of hydrogen-bond donors (Lipinski definition) is 0. The highest BCUT2D eigenvalue weighted by molar-refractivity contribution is 5.71. The second kappa shape index (κ2) is 6.20. The number of ether oxygens (including phenoxy) is 1.